The SMILES string of the molecule is CC(Cl)(C(O)c1ccc(Br)cc1)S(C)(=O)=O. The van der Waals surface area contributed by atoms with Crippen molar-refractivity contribution in [2.45, 2.75) is 17.2 Å². The summed E-state index contributed by atoms with van der Waals surface area (Å²) in [5.74, 6) is 0. The van der Waals surface area contributed by atoms with Gasteiger partial charge >= 0.3 is 0 Å². The molecule has 0 bridgehead atoms. The number of hydrogen-bond donors (Lipinski definition) is 1. The highest BCUT2D eigenvalue weighted by molar-refractivity contribution is 9.10. The van der Waals surface area contributed by atoms with Crippen LogP contribution in [0.15, 0.2) is 28.7 Å². The Bertz CT molecular complexity index is 467. The standard InChI is InChI=1S/C10H12BrClO3S/c1-10(12,16(2,14)15)9(13)7-3-5-8(11)6-4-7/h3-6,9,13H,1-2H3. The average Bonchev–Trinajstić information content (AvgIpc) is 2.16. The van der Waals surface area contributed by atoms with Crippen LogP contribution >= 0.6 is 27.5 Å². The lowest BCUT2D eigenvalue weighted by atomic mass is 10.1. The van der Waals surface area contributed by atoms with Crippen LogP contribution in [0.1, 0.15) is 18.6 Å². The normalized spacial score (nSPS) is 17.8. The second-order valence-corrected chi connectivity index (χ2v) is 8.03. The fourth-order valence-corrected chi connectivity index (χ4v) is 2.08. The smallest absolute Gasteiger partial charge is 0.172 e. The summed E-state index contributed by atoms with van der Waals surface area (Å²) in [4.78, 5) is 0. The van der Waals surface area contributed by atoms with E-state index in [1.165, 1.54) is 6.92 Å². The Kier molecular flexibility index (Phi) is 4.05. The summed E-state index contributed by atoms with van der Waals surface area (Å²) in [6, 6.07) is 6.68. The van der Waals surface area contributed by atoms with E-state index in [2.05, 4.69) is 15.9 Å². The first-order valence-corrected chi connectivity index (χ1v) is 7.54. The molecular weight excluding hydrogens is 316 g/mol. The lowest BCUT2D eigenvalue weighted by Crippen LogP contribution is -2.35. The van der Waals surface area contributed by atoms with Crippen molar-refractivity contribution in [3.05, 3.63) is 34.3 Å². The number of aliphatic hydroxyl groups is 1. The molecule has 1 N–H and O–H groups in total. The number of benzene rings is 1. The Labute approximate surface area is 108 Å². The van der Waals surface area contributed by atoms with E-state index in [1.54, 1.807) is 24.3 Å². The highest BCUT2D eigenvalue weighted by Crippen LogP contribution is 2.36. The minimum atomic E-state index is -3.56. The number of rotatable bonds is 3. The fraction of sp³-hybridized carbons (Fsp3) is 0.400. The molecule has 0 amide bonds. The van der Waals surface area contributed by atoms with Crippen molar-refractivity contribution in [1.82, 2.24) is 0 Å². The number of hydrogen-bond acceptors (Lipinski definition) is 3. The first-order valence-electron chi connectivity index (χ1n) is 4.48. The second kappa shape index (κ2) is 4.64. The van der Waals surface area contributed by atoms with Gasteiger partial charge in [-0.1, -0.05) is 39.7 Å². The summed E-state index contributed by atoms with van der Waals surface area (Å²) < 4.78 is 22.0. The van der Waals surface area contributed by atoms with Gasteiger partial charge in [-0.3, -0.25) is 0 Å². The topological polar surface area (TPSA) is 54.4 Å². The van der Waals surface area contributed by atoms with Crippen LogP contribution in [0.3, 0.4) is 0 Å². The Morgan fingerprint density at radius 2 is 1.81 bits per heavy atom. The number of alkyl halides is 1. The molecule has 1 aromatic carbocycles. The summed E-state index contributed by atoms with van der Waals surface area (Å²) in [6.45, 7) is 1.29. The molecule has 0 heterocycles. The molecule has 6 heteroatoms. The fourth-order valence-electron chi connectivity index (χ4n) is 1.15. The molecule has 1 rings (SSSR count). The minimum absolute atomic E-state index is 0.464. The maximum atomic E-state index is 11.4. The Balaban J connectivity index is 3.12. The van der Waals surface area contributed by atoms with Crippen molar-refractivity contribution in [3.63, 3.8) is 0 Å². The van der Waals surface area contributed by atoms with Gasteiger partial charge in [0.25, 0.3) is 0 Å². The van der Waals surface area contributed by atoms with Crippen molar-refractivity contribution in [1.29, 1.82) is 0 Å². The van der Waals surface area contributed by atoms with E-state index < -0.39 is 20.1 Å². The molecule has 0 fully saturated rings. The summed E-state index contributed by atoms with van der Waals surface area (Å²) in [7, 11) is -3.56. The molecule has 90 valence electrons. The lowest BCUT2D eigenvalue weighted by molar-refractivity contribution is 0.163. The van der Waals surface area contributed by atoms with Crippen LogP contribution in [0, 0.1) is 0 Å². The molecule has 1 aromatic rings. The zero-order valence-corrected chi connectivity index (χ0v) is 12.0. The van der Waals surface area contributed by atoms with Gasteiger partial charge in [-0.2, -0.15) is 0 Å². The van der Waals surface area contributed by atoms with Crippen LogP contribution in [-0.4, -0.2) is 24.0 Å². The Hall–Kier alpha value is -0.100. The van der Waals surface area contributed by atoms with Gasteiger partial charge in [0.1, 0.15) is 6.10 Å². The van der Waals surface area contributed by atoms with Gasteiger partial charge in [-0.15, -0.1) is 0 Å². The summed E-state index contributed by atoms with van der Waals surface area (Å²) in [6.07, 6.45) is -0.264. The summed E-state index contributed by atoms with van der Waals surface area (Å²) in [5, 5.41) is 9.95. The number of aliphatic hydroxyl groups excluding tert-OH is 1. The van der Waals surface area contributed by atoms with E-state index in [4.69, 9.17) is 11.6 Å². The first-order chi connectivity index (χ1) is 7.16. The lowest BCUT2D eigenvalue weighted by Gasteiger charge is -2.26. The van der Waals surface area contributed by atoms with Crippen molar-refractivity contribution >= 4 is 37.4 Å². The molecule has 0 aliphatic heterocycles. The largest absolute Gasteiger partial charge is 0.385 e. The molecule has 2 atom stereocenters. The number of sulfone groups is 1. The van der Waals surface area contributed by atoms with E-state index in [9.17, 15) is 13.5 Å². The van der Waals surface area contributed by atoms with Gasteiger partial charge in [0.15, 0.2) is 14.0 Å². The molecule has 0 aliphatic carbocycles. The molecule has 3 nitrogen and oxygen atoms in total. The maximum Gasteiger partial charge on any atom is 0.172 e. The van der Waals surface area contributed by atoms with E-state index in [0.717, 1.165) is 10.7 Å². The van der Waals surface area contributed by atoms with E-state index in [-0.39, 0.29) is 0 Å². The van der Waals surface area contributed by atoms with Crippen molar-refractivity contribution in [3.8, 4) is 0 Å². The maximum absolute atomic E-state index is 11.4. The summed E-state index contributed by atoms with van der Waals surface area (Å²) in [5.41, 5.74) is 0.464. The second-order valence-electron chi connectivity index (χ2n) is 3.71. The van der Waals surface area contributed by atoms with Crippen molar-refractivity contribution in [2.24, 2.45) is 0 Å². The quantitative estimate of drug-likeness (QED) is 0.868. The number of halogens is 2. The van der Waals surface area contributed by atoms with Crippen LogP contribution in [0.2, 0.25) is 0 Å². The summed E-state index contributed by atoms with van der Waals surface area (Å²) >= 11 is 9.14. The highest BCUT2D eigenvalue weighted by Gasteiger charge is 2.41. The van der Waals surface area contributed by atoms with Gasteiger partial charge in [0, 0.05) is 10.7 Å². The predicted octanol–water partition coefficient (Wildman–Crippen LogP) is 2.48. The van der Waals surface area contributed by atoms with Crippen LogP contribution in [0.4, 0.5) is 0 Å². The van der Waals surface area contributed by atoms with Gasteiger partial charge in [-0.25, -0.2) is 8.42 Å². The average molecular weight is 328 g/mol. The molecule has 0 aromatic heterocycles. The molecule has 0 spiro atoms. The molecule has 0 saturated heterocycles. The highest BCUT2D eigenvalue weighted by atomic mass is 79.9. The van der Waals surface area contributed by atoms with Gasteiger partial charge in [-0.05, 0) is 24.6 Å². The first kappa shape index (κ1) is 14.0. The zero-order valence-electron chi connectivity index (χ0n) is 8.81. The molecule has 0 aliphatic rings. The Morgan fingerprint density at radius 3 is 2.19 bits per heavy atom. The van der Waals surface area contributed by atoms with E-state index in [1.807, 2.05) is 0 Å². The Morgan fingerprint density at radius 1 is 1.38 bits per heavy atom. The molecule has 16 heavy (non-hydrogen) atoms. The van der Waals surface area contributed by atoms with Crippen molar-refractivity contribution < 1.29 is 13.5 Å². The van der Waals surface area contributed by atoms with Crippen LogP contribution in [-0.2, 0) is 9.84 Å². The minimum Gasteiger partial charge on any atom is -0.385 e. The van der Waals surface area contributed by atoms with Gasteiger partial charge < -0.3 is 5.11 Å². The van der Waals surface area contributed by atoms with E-state index >= 15 is 0 Å². The third-order valence-corrected chi connectivity index (χ3v) is 5.65. The van der Waals surface area contributed by atoms with Crippen LogP contribution in [0.5, 0.6) is 0 Å². The zero-order chi connectivity index (χ0) is 12.6. The van der Waals surface area contributed by atoms with Gasteiger partial charge in [0.05, 0.1) is 0 Å². The van der Waals surface area contributed by atoms with Crippen LogP contribution < -0.4 is 0 Å². The van der Waals surface area contributed by atoms with Gasteiger partial charge in [0.2, 0.25) is 0 Å². The third-order valence-electron chi connectivity index (χ3n) is 2.40. The molecule has 2 unspecified atom stereocenters. The van der Waals surface area contributed by atoms with Crippen molar-refractivity contribution in [2.75, 3.05) is 6.26 Å². The third kappa shape index (κ3) is 2.77. The molecular formula is C10H12BrClO3S. The monoisotopic (exact) mass is 326 g/mol. The molecule has 0 saturated carbocycles. The van der Waals surface area contributed by atoms with E-state index in [0.29, 0.717) is 5.56 Å². The van der Waals surface area contributed by atoms with Crippen LogP contribution in [0.25, 0.3) is 0 Å². The molecule has 0 radical (unpaired) electrons. The predicted molar refractivity (Wildman–Crippen MR) is 68.2 cm³/mol.